The first-order chi connectivity index (χ1) is 6.97. The molecule has 1 rings (SSSR count). The summed E-state index contributed by atoms with van der Waals surface area (Å²) < 4.78 is 26.5. The van der Waals surface area contributed by atoms with Crippen LogP contribution < -0.4 is 5.73 Å². The third-order valence-electron chi connectivity index (χ3n) is 1.93. The Morgan fingerprint density at radius 1 is 1.53 bits per heavy atom. The lowest BCUT2D eigenvalue weighted by atomic mass is 9.99. The van der Waals surface area contributed by atoms with E-state index in [2.05, 4.69) is 15.9 Å². The predicted molar refractivity (Wildman–Crippen MR) is 53.5 cm³/mol. The van der Waals surface area contributed by atoms with Gasteiger partial charge in [0, 0.05) is 16.6 Å². The molecule has 0 aliphatic heterocycles. The van der Waals surface area contributed by atoms with Crippen LogP contribution in [0.25, 0.3) is 0 Å². The van der Waals surface area contributed by atoms with Gasteiger partial charge in [-0.1, -0.05) is 15.9 Å². The van der Waals surface area contributed by atoms with Crippen molar-refractivity contribution in [2.24, 2.45) is 5.73 Å². The van der Waals surface area contributed by atoms with Crippen molar-refractivity contribution < 1.29 is 18.7 Å². The number of hydrogen-bond donors (Lipinski definition) is 2. The van der Waals surface area contributed by atoms with Crippen LogP contribution in [0, 0.1) is 11.6 Å². The Labute approximate surface area is 93.0 Å². The minimum absolute atomic E-state index is 0.253. The van der Waals surface area contributed by atoms with Crippen molar-refractivity contribution in [3.63, 3.8) is 0 Å². The molecular formula is C9H8BrF2NO2. The summed E-state index contributed by atoms with van der Waals surface area (Å²) in [5.41, 5.74) is 4.94. The van der Waals surface area contributed by atoms with Crippen LogP contribution in [-0.2, 0) is 4.79 Å². The van der Waals surface area contributed by atoms with Crippen molar-refractivity contribution in [3.05, 3.63) is 33.8 Å². The first-order valence-corrected chi connectivity index (χ1v) is 4.84. The molecule has 0 aromatic heterocycles. The van der Waals surface area contributed by atoms with E-state index in [4.69, 9.17) is 10.8 Å². The molecule has 15 heavy (non-hydrogen) atoms. The van der Waals surface area contributed by atoms with Crippen LogP contribution in [-0.4, -0.2) is 17.6 Å². The molecule has 0 spiro atoms. The van der Waals surface area contributed by atoms with Gasteiger partial charge in [0.1, 0.15) is 0 Å². The minimum atomic E-state index is -1.28. The number of carbonyl (C=O) groups is 1. The van der Waals surface area contributed by atoms with Crippen molar-refractivity contribution in [1.82, 2.24) is 0 Å². The number of hydrogen-bond acceptors (Lipinski definition) is 2. The standard InChI is InChI=1S/C9H8BrF2NO2/c10-4-1-5(6(3-13)9(14)15)8(12)7(11)2-4/h1-2,6H,3,13H2,(H,14,15). The smallest absolute Gasteiger partial charge is 0.312 e. The van der Waals surface area contributed by atoms with Gasteiger partial charge in [-0.3, -0.25) is 4.79 Å². The molecule has 1 aromatic rings. The second-order valence-corrected chi connectivity index (χ2v) is 3.83. The van der Waals surface area contributed by atoms with Gasteiger partial charge in [0.25, 0.3) is 0 Å². The average Bonchev–Trinajstić information content (AvgIpc) is 2.13. The summed E-state index contributed by atoms with van der Waals surface area (Å²) in [5.74, 6) is -4.79. The fourth-order valence-electron chi connectivity index (χ4n) is 1.19. The summed E-state index contributed by atoms with van der Waals surface area (Å²) in [4.78, 5) is 10.7. The molecule has 1 unspecified atom stereocenters. The van der Waals surface area contributed by atoms with Crippen LogP contribution in [0.3, 0.4) is 0 Å². The quantitative estimate of drug-likeness (QED) is 0.830. The molecule has 1 aromatic carbocycles. The van der Waals surface area contributed by atoms with Crippen molar-refractivity contribution in [1.29, 1.82) is 0 Å². The van der Waals surface area contributed by atoms with Crippen LogP contribution >= 0.6 is 15.9 Å². The van der Waals surface area contributed by atoms with Crippen molar-refractivity contribution in [2.45, 2.75) is 5.92 Å². The fourth-order valence-corrected chi connectivity index (χ4v) is 1.64. The monoisotopic (exact) mass is 279 g/mol. The number of halogens is 3. The average molecular weight is 280 g/mol. The lowest BCUT2D eigenvalue weighted by Crippen LogP contribution is -2.22. The summed E-state index contributed by atoms with van der Waals surface area (Å²) in [7, 11) is 0. The van der Waals surface area contributed by atoms with Gasteiger partial charge < -0.3 is 10.8 Å². The topological polar surface area (TPSA) is 63.3 Å². The molecule has 3 N–H and O–H groups in total. The maximum Gasteiger partial charge on any atom is 0.312 e. The van der Waals surface area contributed by atoms with Crippen LogP contribution in [0.1, 0.15) is 11.5 Å². The van der Waals surface area contributed by atoms with Gasteiger partial charge in [0.05, 0.1) is 5.92 Å². The lowest BCUT2D eigenvalue weighted by Gasteiger charge is -2.11. The molecule has 6 heteroatoms. The maximum absolute atomic E-state index is 13.3. The number of benzene rings is 1. The van der Waals surface area contributed by atoms with Gasteiger partial charge in [-0.15, -0.1) is 0 Å². The molecule has 0 bridgehead atoms. The van der Waals surface area contributed by atoms with Crippen LogP contribution in [0.15, 0.2) is 16.6 Å². The Morgan fingerprint density at radius 2 is 2.13 bits per heavy atom. The van der Waals surface area contributed by atoms with Gasteiger partial charge in [-0.05, 0) is 12.1 Å². The predicted octanol–water partition coefficient (Wildman–Crippen LogP) is 1.85. The van der Waals surface area contributed by atoms with Gasteiger partial charge in [0.2, 0.25) is 0 Å². The fraction of sp³-hybridized carbons (Fsp3) is 0.222. The summed E-state index contributed by atoms with van der Waals surface area (Å²) >= 11 is 2.95. The van der Waals surface area contributed by atoms with E-state index >= 15 is 0 Å². The van der Waals surface area contributed by atoms with Crippen molar-refractivity contribution in [3.8, 4) is 0 Å². The largest absolute Gasteiger partial charge is 0.481 e. The second-order valence-electron chi connectivity index (χ2n) is 2.92. The second kappa shape index (κ2) is 4.67. The molecule has 1 atom stereocenters. The highest BCUT2D eigenvalue weighted by molar-refractivity contribution is 9.10. The Morgan fingerprint density at radius 3 is 2.60 bits per heavy atom. The van der Waals surface area contributed by atoms with E-state index in [0.717, 1.165) is 6.07 Å². The molecule has 0 radical (unpaired) electrons. The molecule has 0 heterocycles. The number of rotatable bonds is 3. The van der Waals surface area contributed by atoms with E-state index in [0.29, 0.717) is 0 Å². The summed E-state index contributed by atoms with van der Waals surface area (Å²) in [6, 6.07) is 2.14. The molecule has 0 fully saturated rings. The highest BCUT2D eigenvalue weighted by Crippen LogP contribution is 2.25. The van der Waals surface area contributed by atoms with E-state index < -0.39 is 23.5 Å². The SMILES string of the molecule is NCC(C(=O)O)c1cc(Br)cc(F)c1F. The van der Waals surface area contributed by atoms with Crippen molar-refractivity contribution in [2.75, 3.05) is 6.54 Å². The zero-order valence-electron chi connectivity index (χ0n) is 7.51. The minimum Gasteiger partial charge on any atom is -0.481 e. The van der Waals surface area contributed by atoms with E-state index in [-0.39, 0.29) is 16.6 Å². The Kier molecular flexibility index (Phi) is 3.76. The first-order valence-electron chi connectivity index (χ1n) is 4.04. The van der Waals surface area contributed by atoms with E-state index in [1.807, 2.05) is 0 Å². The Hall–Kier alpha value is -1.01. The van der Waals surface area contributed by atoms with E-state index in [1.165, 1.54) is 6.07 Å². The van der Waals surface area contributed by atoms with E-state index in [1.54, 1.807) is 0 Å². The Bertz CT molecular complexity index is 398. The molecule has 3 nitrogen and oxygen atoms in total. The number of aliphatic carboxylic acids is 1. The normalized spacial score (nSPS) is 12.5. The van der Waals surface area contributed by atoms with Gasteiger partial charge in [-0.25, -0.2) is 8.78 Å². The summed E-state index contributed by atoms with van der Waals surface area (Å²) in [5, 5.41) is 8.75. The molecule has 0 aliphatic carbocycles. The van der Waals surface area contributed by atoms with Crippen molar-refractivity contribution >= 4 is 21.9 Å². The van der Waals surface area contributed by atoms with Crippen LogP contribution in [0.2, 0.25) is 0 Å². The first kappa shape index (κ1) is 12.1. The third kappa shape index (κ3) is 2.51. The molecule has 82 valence electrons. The van der Waals surface area contributed by atoms with Gasteiger partial charge in [-0.2, -0.15) is 0 Å². The lowest BCUT2D eigenvalue weighted by molar-refractivity contribution is -0.138. The third-order valence-corrected chi connectivity index (χ3v) is 2.39. The molecule has 0 saturated carbocycles. The number of carboxylic acid groups (broad SMARTS) is 1. The zero-order valence-corrected chi connectivity index (χ0v) is 9.09. The molecule has 0 saturated heterocycles. The molecule has 0 amide bonds. The highest BCUT2D eigenvalue weighted by atomic mass is 79.9. The summed E-state index contributed by atoms with van der Waals surface area (Å²) in [6.07, 6.45) is 0. The number of nitrogens with two attached hydrogens (primary N) is 1. The van der Waals surface area contributed by atoms with Gasteiger partial charge >= 0.3 is 5.97 Å². The Balaban J connectivity index is 3.28. The van der Waals surface area contributed by atoms with E-state index in [9.17, 15) is 13.6 Å². The highest BCUT2D eigenvalue weighted by Gasteiger charge is 2.24. The zero-order chi connectivity index (χ0) is 11.6. The maximum atomic E-state index is 13.3. The molecule has 0 aliphatic rings. The summed E-state index contributed by atoms with van der Waals surface area (Å²) in [6.45, 7) is -0.290. The number of carboxylic acids is 1. The molecular weight excluding hydrogens is 272 g/mol. The van der Waals surface area contributed by atoms with Crippen LogP contribution in [0.5, 0.6) is 0 Å². The van der Waals surface area contributed by atoms with Gasteiger partial charge in [0.15, 0.2) is 11.6 Å². The van der Waals surface area contributed by atoms with Crippen LogP contribution in [0.4, 0.5) is 8.78 Å².